The van der Waals surface area contributed by atoms with Gasteiger partial charge in [0.15, 0.2) is 0 Å². The summed E-state index contributed by atoms with van der Waals surface area (Å²) in [6, 6.07) is 11.6. The first-order valence-electron chi connectivity index (χ1n) is 8.93. The van der Waals surface area contributed by atoms with Crippen LogP contribution >= 0.6 is 11.8 Å². The lowest BCUT2D eigenvalue weighted by atomic mass is 10.1. The van der Waals surface area contributed by atoms with Crippen LogP contribution in [0.2, 0.25) is 0 Å². The average Bonchev–Trinajstić information content (AvgIpc) is 3.22. The highest BCUT2D eigenvalue weighted by atomic mass is 32.2. The third-order valence-corrected chi connectivity index (χ3v) is 4.82. The van der Waals surface area contributed by atoms with E-state index in [1.54, 1.807) is 24.5 Å². The van der Waals surface area contributed by atoms with E-state index < -0.39 is 0 Å². The summed E-state index contributed by atoms with van der Waals surface area (Å²) in [5, 5.41) is 11.7. The van der Waals surface area contributed by atoms with Crippen molar-refractivity contribution in [3.8, 4) is 11.5 Å². The Morgan fingerprint density at radius 3 is 2.69 bits per heavy atom. The van der Waals surface area contributed by atoms with Crippen molar-refractivity contribution in [2.45, 2.75) is 24.3 Å². The van der Waals surface area contributed by atoms with Gasteiger partial charge in [-0.2, -0.15) is 15.0 Å². The number of thioether (sulfide) groups is 1. The number of nitrogens with zero attached hydrogens (tertiary/aromatic N) is 6. The third-order valence-electron chi connectivity index (χ3n) is 4.00. The molecule has 3 aromatic heterocycles. The largest absolute Gasteiger partial charge is 0.411 e. The molecule has 0 spiro atoms. The molecule has 0 bridgehead atoms. The molecule has 0 aliphatic carbocycles. The number of rotatable bonds is 7. The fourth-order valence-electron chi connectivity index (χ4n) is 2.63. The van der Waals surface area contributed by atoms with Crippen molar-refractivity contribution in [1.82, 2.24) is 30.1 Å². The monoisotopic (exact) mass is 406 g/mol. The summed E-state index contributed by atoms with van der Waals surface area (Å²) in [7, 11) is 0. The second kappa shape index (κ2) is 8.65. The molecule has 9 nitrogen and oxygen atoms in total. The van der Waals surface area contributed by atoms with Gasteiger partial charge in [-0.05, 0) is 30.2 Å². The molecule has 3 heterocycles. The van der Waals surface area contributed by atoms with Crippen LogP contribution in [0, 0.1) is 0 Å². The van der Waals surface area contributed by atoms with Gasteiger partial charge in [-0.1, -0.05) is 36.9 Å². The summed E-state index contributed by atoms with van der Waals surface area (Å²) in [6.07, 6.45) is 4.24. The van der Waals surface area contributed by atoms with Crippen molar-refractivity contribution >= 4 is 29.3 Å². The van der Waals surface area contributed by atoms with Crippen LogP contribution in [0.15, 0.2) is 58.4 Å². The molecule has 0 unspecified atom stereocenters. The Bertz CT molecular complexity index is 1100. The number of nitrogen functional groups attached to an aromatic ring is 1. The van der Waals surface area contributed by atoms with Crippen LogP contribution < -0.4 is 11.1 Å². The number of anilines is 3. The van der Waals surface area contributed by atoms with Crippen LogP contribution in [0.3, 0.4) is 0 Å². The standard InChI is InChI=1S/C19H18N8OS/c1-2-12-5-3-4-6-14(12)22-18-24-15(23-17(20)25-18)11-29-19-27-26-16(28-19)13-7-9-21-10-8-13/h3-10H,2,11H2,1H3,(H3,20,22,23,24,25). The molecular formula is C19H18N8OS. The molecule has 0 radical (unpaired) electrons. The number of aromatic nitrogens is 6. The van der Waals surface area contributed by atoms with Gasteiger partial charge in [-0.3, -0.25) is 4.98 Å². The Hall–Kier alpha value is -3.53. The molecule has 0 atom stereocenters. The number of aryl methyl sites for hydroxylation is 1. The summed E-state index contributed by atoms with van der Waals surface area (Å²) in [4.78, 5) is 16.8. The summed E-state index contributed by atoms with van der Waals surface area (Å²) in [5.74, 6) is 1.91. The number of para-hydroxylation sites is 1. The van der Waals surface area contributed by atoms with Crippen LogP contribution in [0.4, 0.5) is 17.6 Å². The lowest BCUT2D eigenvalue weighted by Gasteiger charge is -2.10. The number of hydrogen-bond acceptors (Lipinski definition) is 10. The Morgan fingerprint density at radius 2 is 1.86 bits per heavy atom. The zero-order chi connectivity index (χ0) is 20.1. The highest BCUT2D eigenvalue weighted by Gasteiger charge is 2.12. The van der Waals surface area contributed by atoms with Gasteiger partial charge in [-0.15, -0.1) is 10.2 Å². The number of benzene rings is 1. The van der Waals surface area contributed by atoms with E-state index in [1.807, 2.05) is 18.2 Å². The van der Waals surface area contributed by atoms with Gasteiger partial charge in [0.1, 0.15) is 5.82 Å². The van der Waals surface area contributed by atoms with Crippen molar-refractivity contribution in [1.29, 1.82) is 0 Å². The summed E-state index contributed by atoms with van der Waals surface area (Å²) in [6.45, 7) is 2.09. The van der Waals surface area contributed by atoms with E-state index in [1.165, 1.54) is 11.8 Å². The molecular weight excluding hydrogens is 388 g/mol. The second-order valence-corrected chi connectivity index (χ2v) is 6.89. The van der Waals surface area contributed by atoms with E-state index in [-0.39, 0.29) is 5.95 Å². The van der Waals surface area contributed by atoms with Crippen LogP contribution in [-0.2, 0) is 12.2 Å². The van der Waals surface area contributed by atoms with Crippen LogP contribution in [0.1, 0.15) is 18.3 Å². The van der Waals surface area contributed by atoms with Crippen molar-refractivity contribution in [3.63, 3.8) is 0 Å². The number of nitrogens with one attached hydrogen (secondary N) is 1. The van der Waals surface area contributed by atoms with Crippen molar-refractivity contribution in [2.24, 2.45) is 0 Å². The van der Waals surface area contributed by atoms with E-state index in [2.05, 4.69) is 48.4 Å². The SMILES string of the molecule is CCc1ccccc1Nc1nc(N)nc(CSc2nnc(-c3ccncc3)o2)n1. The fraction of sp³-hybridized carbons (Fsp3) is 0.158. The summed E-state index contributed by atoms with van der Waals surface area (Å²) >= 11 is 1.33. The summed E-state index contributed by atoms with van der Waals surface area (Å²) < 4.78 is 5.67. The molecule has 0 aliphatic rings. The van der Waals surface area contributed by atoms with E-state index in [0.717, 1.165) is 23.2 Å². The molecule has 0 amide bonds. The van der Waals surface area contributed by atoms with Crippen LogP contribution in [0.5, 0.6) is 0 Å². The highest BCUT2D eigenvalue weighted by Crippen LogP contribution is 2.25. The molecule has 29 heavy (non-hydrogen) atoms. The zero-order valence-corrected chi connectivity index (χ0v) is 16.4. The van der Waals surface area contributed by atoms with Gasteiger partial charge in [0.25, 0.3) is 5.22 Å². The maximum Gasteiger partial charge on any atom is 0.277 e. The Kier molecular flexibility index (Phi) is 5.61. The van der Waals surface area contributed by atoms with Gasteiger partial charge in [0, 0.05) is 23.6 Å². The first-order chi connectivity index (χ1) is 14.2. The Balaban J connectivity index is 1.46. The first-order valence-corrected chi connectivity index (χ1v) is 9.92. The first kappa shape index (κ1) is 18.8. The van der Waals surface area contributed by atoms with E-state index in [4.69, 9.17) is 10.2 Å². The van der Waals surface area contributed by atoms with E-state index >= 15 is 0 Å². The molecule has 0 fully saturated rings. The predicted octanol–water partition coefficient (Wildman–Crippen LogP) is 3.50. The average molecular weight is 406 g/mol. The minimum atomic E-state index is 0.148. The fourth-order valence-corrected chi connectivity index (χ4v) is 3.25. The zero-order valence-electron chi connectivity index (χ0n) is 15.6. The molecule has 0 saturated carbocycles. The lowest BCUT2D eigenvalue weighted by molar-refractivity contribution is 0.465. The smallest absolute Gasteiger partial charge is 0.277 e. The van der Waals surface area contributed by atoms with Gasteiger partial charge in [0.2, 0.25) is 17.8 Å². The van der Waals surface area contributed by atoms with Crippen molar-refractivity contribution in [3.05, 3.63) is 60.2 Å². The maximum atomic E-state index is 5.86. The predicted molar refractivity (Wildman–Crippen MR) is 110 cm³/mol. The molecule has 1 aromatic carbocycles. The Morgan fingerprint density at radius 1 is 1.03 bits per heavy atom. The molecule has 3 N–H and O–H groups in total. The van der Waals surface area contributed by atoms with Gasteiger partial charge in [0.05, 0.1) is 5.75 Å². The molecule has 146 valence electrons. The number of nitrogens with two attached hydrogens (primary N) is 1. The molecule has 0 aliphatic heterocycles. The number of pyridine rings is 1. The van der Waals surface area contributed by atoms with Crippen molar-refractivity contribution < 1.29 is 4.42 Å². The van der Waals surface area contributed by atoms with E-state index in [9.17, 15) is 0 Å². The molecule has 10 heteroatoms. The van der Waals surface area contributed by atoms with Gasteiger partial charge in [-0.25, -0.2) is 0 Å². The Labute approximate surface area is 171 Å². The quantitative estimate of drug-likeness (QED) is 0.440. The molecule has 4 rings (SSSR count). The molecule has 4 aromatic rings. The van der Waals surface area contributed by atoms with E-state index in [0.29, 0.717) is 28.6 Å². The van der Waals surface area contributed by atoms with Gasteiger partial charge >= 0.3 is 0 Å². The number of hydrogen-bond donors (Lipinski definition) is 2. The van der Waals surface area contributed by atoms with Crippen LogP contribution in [-0.4, -0.2) is 30.1 Å². The molecule has 0 saturated heterocycles. The van der Waals surface area contributed by atoms with Crippen LogP contribution in [0.25, 0.3) is 11.5 Å². The van der Waals surface area contributed by atoms with Gasteiger partial charge < -0.3 is 15.5 Å². The highest BCUT2D eigenvalue weighted by molar-refractivity contribution is 7.98. The normalized spacial score (nSPS) is 10.8. The minimum Gasteiger partial charge on any atom is -0.411 e. The minimum absolute atomic E-state index is 0.148. The lowest BCUT2D eigenvalue weighted by Crippen LogP contribution is -2.07. The second-order valence-electron chi connectivity index (χ2n) is 5.97. The third kappa shape index (κ3) is 4.66. The maximum absolute atomic E-state index is 5.86. The summed E-state index contributed by atoms with van der Waals surface area (Å²) in [5.41, 5.74) is 8.78. The van der Waals surface area contributed by atoms with Crippen molar-refractivity contribution in [2.75, 3.05) is 11.1 Å². The topological polar surface area (TPSA) is 129 Å².